The lowest BCUT2D eigenvalue weighted by Gasteiger charge is -2.14. The monoisotopic (exact) mass is 300 g/mol. The van der Waals surface area contributed by atoms with Gasteiger partial charge in [-0.3, -0.25) is 0 Å². The van der Waals surface area contributed by atoms with Crippen LogP contribution in [0, 0.1) is 19.3 Å². The van der Waals surface area contributed by atoms with Crippen LogP contribution in [0.5, 0.6) is 0 Å². The van der Waals surface area contributed by atoms with Gasteiger partial charge in [0.05, 0.1) is 10.9 Å². The highest BCUT2D eigenvalue weighted by Crippen LogP contribution is 2.26. The van der Waals surface area contributed by atoms with E-state index in [-0.39, 0.29) is 4.90 Å². The van der Waals surface area contributed by atoms with Gasteiger partial charge in [-0.2, -0.15) is 4.72 Å². The summed E-state index contributed by atoms with van der Waals surface area (Å²) in [6, 6.07) is 2.22. The zero-order valence-corrected chi connectivity index (χ0v) is 12.5. The topological polar surface area (TPSA) is 72.2 Å². The molecule has 0 aliphatic heterocycles. The van der Waals surface area contributed by atoms with Crippen molar-refractivity contribution in [2.45, 2.75) is 37.6 Å². The number of benzene rings is 1. The molecule has 0 radical (unpaired) electrons. The van der Waals surface area contributed by atoms with Crippen molar-refractivity contribution in [3.05, 3.63) is 22.7 Å². The van der Waals surface area contributed by atoms with E-state index in [1.54, 1.807) is 6.92 Å². The molecule has 0 amide bonds. The molecule has 0 fully saturated rings. The first-order valence-corrected chi connectivity index (χ1v) is 7.72. The number of hydrogen-bond donors (Lipinski definition) is 2. The first-order chi connectivity index (χ1) is 8.81. The Kier molecular flexibility index (Phi) is 5.24. The molecule has 1 rings (SSSR count). The zero-order chi connectivity index (χ0) is 14.6. The van der Waals surface area contributed by atoms with E-state index in [1.165, 1.54) is 12.1 Å². The van der Waals surface area contributed by atoms with Crippen molar-refractivity contribution < 1.29 is 8.42 Å². The van der Waals surface area contributed by atoms with Crippen molar-refractivity contribution in [2.24, 2.45) is 0 Å². The van der Waals surface area contributed by atoms with Gasteiger partial charge in [0.15, 0.2) is 0 Å². The molecular weight excluding hydrogens is 284 g/mol. The van der Waals surface area contributed by atoms with Crippen molar-refractivity contribution >= 4 is 27.3 Å². The average molecular weight is 301 g/mol. The number of halogens is 1. The molecule has 0 aromatic heterocycles. The number of nitrogens with two attached hydrogens (primary N) is 1. The highest BCUT2D eigenvalue weighted by Gasteiger charge is 2.20. The van der Waals surface area contributed by atoms with Crippen LogP contribution in [0.1, 0.15) is 25.3 Å². The Balaban J connectivity index is 3.11. The third-order valence-electron chi connectivity index (χ3n) is 2.74. The summed E-state index contributed by atoms with van der Waals surface area (Å²) in [5, 5.41) is 0.313. The summed E-state index contributed by atoms with van der Waals surface area (Å²) in [6.45, 7) is 3.65. The van der Waals surface area contributed by atoms with Crippen molar-refractivity contribution in [3.63, 3.8) is 0 Å². The lowest BCUT2D eigenvalue weighted by atomic mass is 10.2. The van der Waals surface area contributed by atoms with Gasteiger partial charge in [-0.1, -0.05) is 30.9 Å². The van der Waals surface area contributed by atoms with E-state index in [0.717, 1.165) is 6.42 Å². The fraction of sp³-hybridized carbons (Fsp3) is 0.385. The number of nitrogen functional groups attached to an aromatic ring is 1. The van der Waals surface area contributed by atoms with Gasteiger partial charge in [0.1, 0.15) is 0 Å². The van der Waals surface area contributed by atoms with Gasteiger partial charge in [0.2, 0.25) is 10.0 Å². The van der Waals surface area contributed by atoms with Crippen molar-refractivity contribution in [1.29, 1.82) is 0 Å². The van der Waals surface area contributed by atoms with Gasteiger partial charge in [0.25, 0.3) is 0 Å². The number of hydrogen-bond acceptors (Lipinski definition) is 3. The van der Waals surface area contributed by atoms with E-state index in [0.29, 0.717) is 22.7 Å². The van der Waals surface area contributed by atoms with E-state index in [2.05, 4.69) is 10.6 Å². The SMILES string of the molecule is C#CC(CCC)NS(=O)(=O)c1cc(N)c(C)c(Cl)c1. The highest BCUT2D eigenvalue weighted by molar-refractivity contribution is 7.89. The number of sulfonamides is 1. The molecule has 0 saturated heterocycles. The summed E-state index contributed by atoms with van der Waals surface area (Å²) < 4.78 is 26.8. The molecule has 0 heterocycles. The molecule has 0 bridgehead atoms. The van der Waals surface area contributed by atoms with Gasteiger partial charge in [-0.05, 0) is 31.0 Å². The van der Waals surface area contributed by atoms with Gasteiger partial charge in [-0.15, -0.1) is 6.42 Å². The zero-order valence-electron chi connectivity index (χ0n) is 10.9. The van der Waals surface area contributed by atoms with Crippen molar-refractivity contribution in [1.82, 2.24) is 4.72 Å². The van der Waals surface area contributed by atoms with Crippen molar-refractivity contribution in [3.8, 4) is 12.3 Å². The molecule has 0 saturated carbocycles. The van der Waals surface area contributed by atoms with Crippen LogP contribution in [0.3, 0.4) is 0 Å². The summed E-state index contributed by atoms with van der Waals surface area (Å²) in [7, 11) is -3.71. The maximum atomic E-state index is 12.2. The lowest BCUT2D eigenvalue weighted by Crippen LogP contribution is -2.33. The van der Waals surface area contributed by atoms with E-state index >= 15 is 0 Å². The third-order valence-corrected chi connectivity index (χ3v) is 4.59. The summed E-state index contributed by atoms with van der Waals surface area (Å²) in [4.78, 5) is 0.0250. The average Bonchev–Trinajstić information content (AvgIpc) is 2.34. The van der Waals surface area contributed by atoms with E-state index in [1.807, 2.05) is 6.92 Å². The van der Waals surface area contributed by atoms with Crippen LogP contribution in [-0.2, 0) is 10.0 Å². The van der Waals surface area contributed by atoms with Crippen LogP contribution in [0.25, 0.3) is 0 Å². The minimum atomic E-state index is -3.71. The molecule has 1 unspecified atom stereocenters. The lowest BCUT2D eigenvalue weighted by molar-refractivity contribution is 0.564. The Hall–Kier alpha value is -1.22. The largest absolute Gasteiger partial charge is 0.398 e. The number of nitrogens with one attached hydrogen (secondary N) is 1. The molecule has 1 aromatic carbocycles. The molecule has 1 atom stereocenters. The van der Waals surface area contributed by atoms with Gasteiger partial charge < -0.3 is 5.73 Å². The summed E-state index contributed by atoms with van der Waals surface area (Å²) in [6.07, 6.45) is 6.66. The third kappa shape index (κ3) is 3.87. The second-order valence-corrected chi connectivity index (χ2v) is 6.37. The second-order valence-electron chi connectivity index (χ2n) is 4.25. The smallest absolute Gasteiger partial charge is 0.241 e. The molecule has 6 heteroatoms. The minimum absolute atomic E-state index is 0.0250. The maximum absolute atomic E-state index is 12.2. The minimum Gasteiger partial charge on any atom is -0.398 e. The standard InChI is InChI=1S/C13H17ClN2O2S/c1-4-6-10(5-2)16-19(17,18)11-7-12(14)9(3)13(15)8-11/h2,7-8,10,16H,4,6,15H2,1,3H3. The van der Waals surface area contributed by atoms with Gasteiger partial charge in [0, 0.05) is 10.7 Å². The van der Waals surface area contributed by atoms with Gasteiger partial charge >= 0.3 is 0 Å². The molecule has 0 spiro atoms. The first kappa shape index (κ1) is 15.8. The van der Waals surface area contributed by atoms with Crippen molar-refractivity contribution in [2.75, 3.05) is 5.73 Å². The summed E-state index contributed by atoms with van der Waals surface area (Å²) in [5.41, 5.74) is 6.71. The molecule has 3 N–H and O–H groups in total. The van der Waals surface area contributed by atoms with Crippen LogP contribution < -0.4 is 10.5 Å². The number of rotatable bonds is 5. The Morgan fingerprint density at radius 3 is 2.63 bits per heavy atom. The summed E-state index contributed by atoms with van der Waals surface area (Å²) in [5.74, 6) is 2.41. The Morgan fingerprint density at radius 2 is 2.16 bits per heavy atom. The number of anilines is 1. The highest BCUT2D eigenvalue weighted by atomic mass is 35.5. The molecule has 0 aliphatic carbocycles. The van der Waals surface area contributed by atoms with E-state index in [4.69, 9.17) is 23.8 Å². The van der Waals surface area contributed by atoms with Crippen LogP contribution in [0.2, 0.25) is 5.02 Å². The molecular formula is C13H17ClN2O2S. The van der Waals surface area contributed by atoms with E-state index in [9.17, 15) is 8.42 Å². The predicted octanol–water partition coefficient (Wildman–Crippen LogP) is 2.31. The Morgan fingerprint density at radius 1 is 1.53 bits per heavy atom. The first-order valence-electron chi connectivity index (χ1n) is 5.86. The summed E-state index contributed by atoms with van der Waals surface area (Å²) >= 11 is 5.94. The molecule has 1 aromatic rings. The molecule has 4 nitrogen and oxygen atoms in total. The molecule has 0 aliphatic rings. The van der Waals surface area contributed by atoms with E-state index < -0.39 is 16.1 Å². The molecule has 19 heavy (non-hydrogen) atoms. The number of terminal acetylenes is 1. The second kappa shape index (κ2) is 6.29. The Labute approximate surface area is 119 Å². The van der Waals surface area contributed by atoms with Crippen LogP contribution >= 0.6 is 11.6 Å². The van der Waals surface area contributed by atoms with Crippen LogP contribution in [-0.4, -0.2) is 14.5 Å². The predicted molar refractivity (Wildman–Crippen MR) is 78.5 cm³/mol. The van der Waals surface area contributed by atoms with Crippen LogP contribution in [0.15, 0.2) is 17.0 Å². The van der Waals surface area contributed by atoms with Crippen LogP contribution in [0.4, 0.5) is 5.69 Å². The quantitative estimate of drug-likeness (QED) is 0.647. The Bertz CT molecular complexity index is 583. The normalized spacial score (nSPS) is 12.9. The van der Waals surface area contributed by atoms with Gasteiger partial charge in [-0.25, -0.2) is 8.42 Å². The molecule has 104 valence electrons. The fourth-order valence-corrected chi connectivity index (χ4v) is 3.09. The maximum Gasteiger partial charge on any atom is 0.241 e. The fourth-order valence-electron chi connectivity index (χ4n) is 1.55.